The molecule has 4 aliphatic carbocycles. The smallest absolute Gasteiger partial charge is 0.312 e. The predicted octanol–water partition coefficient (Wildman–Crippen LogP) is 6.51. The van der Waals surface area contributed by atoms with E-state index in [0.29, 0.717) is 10.8 Å². The number of carbonyl (C=O) groups is 1. The molecule has 166 valence electrons. The molecule has 3 N–H and O–H groups in total. The number of fused-ring (bicyclic) bond motifs is 5. The molecule has 0 radical (unpaired) electrons. The molecule has 8 atom stereocenters. The molecule has 6 unspecified atom stereocenters. The molecule has 2 amide bonds. The molecule has 0 aromatic rings. The number of unbranched alkanes of at least 4 members (excludes halogenated alkanes) is 1. The van der Waals surface area contributed by atoms with Gasteiger partial charge in [-0.3, -0.25) is 0 Å². The van der Waals surface area contributed by atoms with Crippen LogP contribution in [0.2, 0.25) is 0 Å². The second kappa shape index (κ2) is 8.42. The molecule has 4 saturated carbocycles. The molecule has 4 aliphatic rings. The number of rotatable bonds is 6. The molecule has 4 fully saturated rings. The van der Waals surface area contributed by atoms with Gasteiger partial charge in [0.05, 0.1) is 0 Å². The molecular weight excluding hydrogens is 356 g/mol. The number of hydrogen-bond acceptors (Lipinski definition) is 1. The highest BCUT2D eigenvalue weighted by Gasteiger charge is 2.60. The minimum absolute atomic E-state index is 0.381. The maximum absolute atomic E-state index is 10.9. The van der Waals surface area contributed by atoms with Crippen LogP contribution >= 0.6 is 0 Å². The van der Waals surface area contributed by atoms with Gasteiger partial charge in [-0.2, -0.15) is 0 Å². The molecular formula is C26H46N2O. The topological polar surface area (TPSA) is 55.1 Å². The van der Waals surface area contributed by atoms with Crippen LogP contribution in [-0.2, 0) is 0 Å². The van der Waals surface area contributed by atoms with E-state index in [1.165, 1.54) is 77.0 Å². The fourth-order valence-corrected chi connectivity index (χ4v) is 9.33. The van der Waals surface area contributed by atoms with Gasteiger partial charge < -0.3 is 11.1 Å². The Kier molecular flexibility index (Phi) is 6.24. The molecule has 0 aliphatic heterocycles. The molecule has 0 aromatic heterocycles. The van der Waals surface area contributed by atoms with Crippen LogP contribution in [0.1, 0.15) is 104 Å². The minimum Gasteiger partial charge on any atom is -0.352 e. The van der Waals surface area contributed by atoms with E-state index in [4.69, 9.17) is 5.73 Å². The van der Waals surface area contributed by atoms with E-state index in [-0.39, 0.29) is 6.03 Å². The molecule has 3 nitrogen and oxygen atoms in total. The highest BCUT2D eigenvalue weighted by molar-refractivity contribution is 5.71. The fourth-order valence-electron chi connectivity index (χ4n) is 9.33. The summed E-state index contributed by atoms with van der Waals surface area (Å²) in [7, 11) is 0. The minimum atomic E-state index is -0.381. The lowest BCUT2D eigenvalue weighted by Crippen LogP contribution is -2.55. The van der Waals surface area contributed by atoms with Crippen molar-refractivity contribution in [1.82, 2.24) is 5.32 Å². The van der Waals surface area contributed by atoms with Crippen molar-refractivity contribution in [3.63, 3.8) is 0 Å². The lowest BCUT2D eigenvalue weighted by Gasteiger charge is -2.62. The van der Waals surface area contributed by atoms with Crippen molar-refractivity contribution < 1.29 is 4.79 Å². The van der Waals surface area contributed by atoms with E-state index < -0.39 is 0 Å². The first-order valence-electron chi connectivity index (χ1n) is 12.9. The summed E-state index contributed by atoms with van der Waals surface area (Å²) in [6, 6.07) is -0.381. The van der Waals surface area contributed by atoms with E-state index in [9.17, 15) is 4.79 Å². The summed E-state index contributed by atoms with van der Waals surface area (Å²) in [4.78, 5) is 10.9. The third kappa shape index (κ3) is 3.74. The highest BCUT2D eigenvalue weighted by Crippen LogP contribution is 2.69. The van der Waals surface area contributed by atoms with Crippen molar-refractivity contribution in [2.24, 2.45) is 52.1 Å². The zero-order chi connectivity index (χ0) is 20.6. The Hall–Kier alpha value is -0.730. The molecule has 4 rings (SSSR count). The number of nitrogens with one attached hydrogen (secondary N) is 1. The summed E-state index contributed by atoms with van der Waals surface area (Å²) >= 11 is 0. The van der Waals surface area contributed by atoms with Gasteiger partial charge in [0.2, 0.25) is 0 Å². The molecule has 3 heteroatoms. The van der Waals surface area contributed by atoms with Gasteiger partial charge in [-0.15, -0.1) is 0 Å². The van der Waals surface area contributed by atoms with Crippen molar-refractivity contribution in [1.29, 1.82) is 0 Å². The number of carbonyl (C=O) groups excluding carboxylic acids is 1. The lowest BCUT2D eigenvalue weighted by molar-refractivity contribution is -0.135. The molecule has 0 bridgehead atoms. The first-order chi connectivity index (χ1) is 13.9. The van der Waals surface area contributed by atoms with Crippen molar-refractivity contribution in [3.8, 4) is 0 Å². The van der Waals surface area contributed by atoms with Gasteiger partial charge in [-0.05, 0) is 104 Å². The van der Waals surface area contributed by atoms with E-state index in [1.807, 2.05) is 0 Å². The van der Waals surface area contributed by atoms with Crippen LogP contribution in [0.3, 0.4) is 0 Å². The standard InChI is InChI=1S/C26H46N2O/c1-4-18-17-20-22-12-11-19(9-6-8-16-28-24(27)29)25(22,2)15-13-23(20)26(3)14-7-5-10-21(18)26/h18-23H,4-17H2,1-3H3,(H3,27,28,29)/t18-,19?,20?,21?,22?,23-,25?,26?/m0/s1. The second-order valence-corrected chi connectivity index (χ2v) is 11.7. The van der Waals surface area contributed by atoms with Gasteiger partial charge in [-0.1, -0.05) is 46.5 Å². The largest absolute Gasteiger partial charge is 0.352 e. The zero-order valence-corrected chi connectivity index (χ0v) is 19.3. The number of nitrogens with two attached hydrogens (primary N) is 1. The Morgan fingerprint density at radius 3 is 2.52 bits per heavy atom. The lowest BCUT2D eigenvalue weighted by atomic mass is 9.42. The van der Waals surface area contributed by atoms with Gasteiger partial charge in [0.15, 0.2) is 0 Å². The quantitative estimate of drug-likeness (QED) is 0.489. The Balaban J connectivity index is 1.44. The Bertz CT molecular complexity index is 591. The Morgan fingerprint density at radius 2 is 1.76 bits per heavy atom. The van der Waals surface area contributed by atoms with Gasteiger partial charge in [0, 0.05) is 6.54 Å². The summed E-state index contributed by atoms with van der Waals surface area (Å²) in [6.07, 6.45) is 18.5. The van der Waals surface area contributed by atoms with Crippen LogP contribution in [0.25, 0.3) is 0 Å². The molecule has 0 aromatic carbocycles. The Morgan fingerprint density at radius 1 is 0.966 bits per heavy atom. The number of hydrogen-bond donors (Lipinski definition) is 2. The van der Waals surface area contributed by atoms with Gasteiger partial charge in [0.1, 0.15) is 0 Å². The molecule has 0 saturated heterocycles. The SMILES string of the molecule is CC[C@H]1CC2C3CCC(CCCCNC(N)=O)C3(C)CC[C@@H]2C2(C)CCCCC12. The van der Waals surface area contributed by atoms with Crippen LogP contribution in [0.4, 0.5) is 4.79 Å². The predicted molar refractivity (Wildman–Crippen MR) is 120 cm³/mol. The van der Waals surface area contributed by atoms with Crippen LogP contribution in [-0.4, -0.2) is 12.6 Å². The second-order valence-electron chi connectivity index (χ2n) is 11.7. The Labute approximate surface area is 179 Å². The first-order valence-corrected chi connectivity index (χ1v) is 12.9. The summed E-state index contributed by atoms with van der Waals surface area (Å²) in [5.41, 5.74) is 6.42. The fraction of sp³-hybridized carbons (Fsp3) is 0.962. The summed E-state index contributed by atoms with van der Waals surface area (Å²) < 4.78 is 0. The van der Waals surface area contributed by atoms with Crippen molar-refractivity contribution in [2.45, 2.75) is 104 Å². The van der Waals surface area contributed by atoms with Crippen LogP contribution in [0, 0.1) is 46.3 Å². The molecule has 0 spiro atoms. The third-order valence-electron chi connectivity index (χ3n) is 10.8. The number of primary amides is 1. The van der Waals surface area contributed by atoms with Crippen LogP contribution in [0.15, 0.2) is 0 Å². The van der Waals surface area contributed by atoms with Crippen molar-refractivity contribution >= 4 is 6.03 Å². The molecule has 29 heavy (non-hydrogen) atoms. The van der Waals surface area contributed by atoms with Gasteiger partial charge >= 0.3 is 6.03 Å². The highest BCUT2D eigenvalue weighted by atomic mass is 16.2. The van der Waals surface area contributed by atoms with E-state index in [0.717, 1.165) is 48.5 Å². The maximum atomic E-state index is 10.9. The third-order valence-corrected chi connectivity index (χ3v) is 10.8. The van der Waals surface area contributed by atoms with E-state index in [1.54, 1.807) is 0 Å². The summed E-state index contributed by atoms with van der Waals surface area (Å²) in [6.45, 7) is 8.60. The van der Waals surface area contributed by atoms with Crippen LogP contribution < -0.4 is 11.1 Å². The molecule has 0 heterocycles. The van der Waals surface area contributed by atoms with E-state index >= 15 is 0 Å². The van der Waals surface area contributed by atoms with Crippen molar-refractivity contribution in [3.05, 3.63) is 0 Å². The summed E-state index contributed by atoms with van der Waals surface area (Å²) in [5, 5.41) is 2.75. The van der Waals surface area contributed by atoms with E-state index in [2.05, 4.69) is 26.1 Å². The average Bonchev–Trinajstić information content (AvgIpc) is 3.03. The average molecular weight is 403 g/mol. The summed E-state index contributed by atoms with van der Waals surface area (Å²) in [5.74, 6) is 5.89. The van der Waals surface area contributed by atoms with Gasteiger partial charge in [-0.25, -0.2) is 4.79 Å². The van der Waals surface area contributed by atoms with Crippen LogP contribution in [0.5, 0.6) is 0 Å². The van der Waals surface area contributed by atoms with Gasteiger partial charge in [0.25, 0.3) is 0 Å². The number of amides is 2. The maximum Gasteiger partial charge on any atom is 0.312 e. The normalized spacial score (nSPS) is 46.4. The zero-order valence-electron chi connectivity index (χ0n) is 19.3. The number of urea groups is 1. The monoisotopic (exact) mass is 402 g/mol. The first kappa shape index (κ1) is 21.5. The van der Waals surface area contributed by atoms with Crippen molar-refractivity contribution in [2.75, 3.05) is 6.54 Å².